The van der Waals surface area contributed by atoms with Crippen molar-refractivity contribution in [1.29, 1.82) is 0 Å². The van der Waals surface area contributed by atoms with Gasteiger partial charge in [0.25, 0.3) is 5.91 Å². The molecule has 1 aromatic carbocycles. The minimum atomic E-state index is -1.29. The SMILES string of the molecule is CCCC(C)(NC(=O)c1ccc(CNC(N)=O)cc1)C(=O)O. The van der Waals surface area contributed by atoms with Crippen LogP contribution in [0.4, 0.5) is 4.79 Å². The molecule has 0 saturated heterocycles. The van der Waals surface area contributed by atoms with Gasteiger partial charge in [0.15, 0.2) is 0 Å². The fourth-order valence-corrected chi connectivity index (χ4v) is 2.01. The zero-order chi connectivity index (χ0) is 16.8. The van der Waals surface area contributed by atoms with Gasteiger partial charge in [0.05, 0.1) is 0 Å². The van der Waals surface area contributed by atoms with Gasteiger partial charge in [0.2, 0.25) is 0 Å². The predicted octanol–water partition coefficient (Wildman–Crippen LogP) is 1.23. The summed E-state index contributed by atoms with van der Waals surface area (Å²) in [5.74, 6) is -1.52. The van der Waals surface area contributed by atoms with Crippen molar-refractivity contribution in [2.75, 3.05) is 0 Å². The molecule has 1 aromatic rings. The van der Waals surface area contributed by atoms with Gasteiger partial charge in [-0.1, -0.05) is 25.5 Å². The van der Waals surface area contributed by atoms with Crippen molar-refractivity contribution < 1.29 is 19.5 Å². The van der Waals surface area contributed by atoms with Crippen molar-refractivity contribution in [1.82, 2.24) is 10.6 Å². The lowest BCUT2D eigenvalue weighted by atomic mass is 9.95. The minimum absolute atomic E-state index is 0.264. The zero-order valence-electron chi connectivity index (χ0n) is 12.7. The Morgan fingerprint density at radius 1 is 1.23 bits per heavy atom. The van der Waals surface area contributed by atoms with Crippen LogP contribution >= 0.6 is 0 Å². The molecule has 7 nitrogen and oxygen atoms in total. The molecule has 1 rings (SSSR count). The number of aliphatic carboxylic acids is 1. The van der Waals surface area contributed by atoms with Crippen molar-refractivity contribution in [2.45, 2.75) is 38.8 Å². The molecule has 120 valence electrons. The second kappa shape index (κ2) is 7.44. The van der Waals surface area contributed by atoms with E-state index >= 15 is 0 Å². The van der Waals surface area contributed by atoms with Crippen LogP contribution in [0.2, 0.25) is 0 Å². The lowest BCUT2D eigenvalue weighted by Crippen LogP contribution is -2.52. The summed E-state index contributed by atoms with van der Waals surface area (Å²) < 4.78 is 0. The number of rotatable bonds is 7. The first kappa shape index (κ1) is 17.5. The van der Waals surface area contributed by atoms with Gasteiger partial charge in [0.1, 0.15) is 5.54 Å². The average molecular weight is 307 g/mol. The zero-order valence-corrected chi connectivity index (χ0v) is 12.7. The molecule has 0 bridgehead atoms. The average Bonchev–Trinajstić information content (AvgIpc) is 2.45. The molecule has 7 heteroatoms. The van der Waals surface area contributed by atoms with Gasteiger partial charge >= 0.3 is 12.0 Å². The summed E-state index contributed by atoms with van der Waals surface area (Å²) >= 11 is 0. The van der Waals surface area contributed by atoms with Crippen LogP contribution in [-0.4, -0.2) is 28.6 Å². The molecular formula is C15H21N3O4. The highest BCUT2D eigenvalue weighted by Crippen LogP contribution is 2.14. The molecular weight excluding hydrogens is 286 g/mol. The number of hydrogen-bond acceptors (Lipinski definition) is 3. The van der Waals surface area contributed by atoms with Crippen LogP contribution in [0.5, 0.6) is 0 Å². The predicted molar refractivity (Wildman–Crippen MR) is 81.3 cm³/mol. The van der Waals surface area contributed by atoms with Crippen LogP contribution in [0.1, 0.15) is 42.6 Å². The third kappa shape index (κ3) is 4.76. The molecule has 0 aromatic heterocycles. The lowest BCUT2D eigenvalue weighted by Gasteiger charge is -2.25. The van der Waals surface area contributed by atoms with Gasteiger partial charge < -0.3 is 21.5 Å². The number of carboxylic acids is 1. The van der Waals surface area contributed by atoms with E-state index in [4.69, 9.17) is 5.73 Å². The molecule has 0 aliphatic rings. The van der Waals surface area contributed by atoms with E-state index in [0.717, 1.165) is 5.56 Å². The van der Waals surface area contributed by atoms with Gasteiger partial charge in [-0.15, -0.1) is 0 Å². The van der Waals surface area contributed by atoms with Crippen LogP contribution in [0.25, 0.3) is 0 Å². The number of amides is 3. The van der Waals surface area contributed by atoms with E-state index in [1.54, 1.807) is 24.3 Å². The van der Waals surface area contributed by atoms with Gasteiger partial charge in [-0.2, -0.15) is 0 Å². The Morgan fingerprint density at radius 2 is 1.82 bits per heavy atom. The third-order valence-corrected chi connectivity index (χ3v) is 3.29. The smallest absolute Gasteiger partial charge is 0.329 e. The molecule has 0 fully saturated rings. The Balaban J connectivity index is 2.77. The Kier molecular flexibility index (Phi) is 5.91. The Morgan fingerprint density at radius 3 is 2.27 bits per heavy atom. The highest BCUT2D eigenvalue weighted by atomic mass is 16.4. The number of hydrogen-bond donors (Lipinski definition) is 4. The number of carbonyl (C=O) groups excluding carboxylic acids is 2. The quantitative estimate of drug-likeness (QED) is 0.605. The van der Waals surface area contributed by atoms with Gasteiger partial charge in [0, 0.05) is 12.1 Å². The van der Waals surface area contributed by atoms with Crippen molar-refractivity contribution in [2.24, 2.45) is 5.73 Å². The topological polar surface area (TPSA) is 122 Å². The van der Waals surface area contributed by atoms with E-state index in [-0.39, 0.29) is 6.54 Å². The maximum absolute atomic E-state index is 12.2. The molecule has 0 radical (unpaired) electrons. The fraction of sp³-hybridized carbons (Fsp3) is 0.400. The number of urea groups is 1. The lowest BCUT2D eigenvalue weighted by molar-refractivity contribution is -0.144. The van der Waals surface area contributed by atoms with E-state index < -0.39 is 23.4 Å². The molecule has 0 heterocycles. The number of nitrogens with one attached hydrogen (secondary N) is 2. The number of carboxylic acid groups (broad SMARTS) is 1. The first-order valence-electron chi connectivity index (χ1n) is 6.96. The third-order valence-electron chi connectivity index (χ3n) is 3.29. The molecule has 0 aliphatic heterocycles. The maximum Gasteiger partial charge on any atom is 0.329 e. The first-order valence-corrected chi connectivity index (χ1v) is 6.96. The Bertz CT molecular complexity index is 556. The summed E-state index contributed by atoms with van der Waals surface area (Å²) in [7, 11) is 0. The first-order chi connectivity index (χ1) is 10.3. The van der Waals surface area contributed by atoms with E-state index in [2.05, 4.69) is 10.6 Å². The van der Waals surface area contributed by atoms with Crippen LogP contribution in [0.3, 0.4) is 0 Å². The van der Waals surface area contributed by atoms with Crippen molar-refractivity contribution in [3.05, 3.63) is 35.4 Å². The standard InChI is InChI=1S/C15H21N3O4/c1-3-8-15(2,13(20)21)18-12(19)11-6-4-10(5-7-11)9-17-14(16)22/h4-7H,3,8-9H2,1-2H3,(H,18,19)(H,20,21)(H3,16,17,22). The number of carbonyl (C=O) groups is 3. The Hall–Kier alpha value is -2.57. The normalized spacial score (nSPS) is 13.0. The van der Waals surface area contributed by atoms with Gasteiger partial charge in [-0.25, -0.2) is 9.59 Å². The van der Waals surface area contributed by atoms with E-state index in [1.807, 2.05) is 6.92 Å². The number of primary amides is 1. The molecule has 1 unspecified atom stereocenters. The number of nitrogens with two attached hydrogens (primary N) is 1. The van der Waals surface area contributed by atoms with Crippen LogP contribution in [0.15, 0.2) is 24.3 Å². The van der Waals surface area contributed by atoms with Crippen molar-refractivity contribution in [3.63, 3.8) is 0 Å². The van der Waals surface area contributed by atoms with Crippen molar-refractivity contribution >= 4 is 17.9 Å². The molecule has 5 N–H and O–H groups in total. The molecule has 1 atom stereocenters. The van der Waals surface area contributed by atoms with Crippen LogP contribution in [-0.2, 0) is 11.3 Å². The highest BCUT2D eigenvalue weighted by Gasteiger charge is 2.33. The van der Waals surface area contributed by atoms with E-state index in [0.29, 0.717) is 18.4 Å². The summed E-state index contributed by atoms with van der Waals surface area (Å²) in [5, 5.41) is 14.3. The monoisotopic (exact) mass is 307 g/mol. The maximum atomic E-state index is 12.2. The molecule has 0 spiro atoms. The van der Waals surface area contributed by atoms with Crippen LogP contribution < -0.4 is 16.4 Å². The number of benzene rings is 1. The fourth-order valence-electron chi connectivity index (χ4n) is 2.01. The summed E-state index contributed by atoms with van der Waals surface area (Å²) in [6, 6.07) is 5.85. The Labute approximate surface area is 128 Å². The molecule has 22 heavy (non-hydrogen) atoms. The second-order valence-corrected chi connectivity index (χ2v) is 5.26. The summed E-state index contributed by atoms with van der Waals surface area (Å²) in [4.78, 5) is 34.1. The van der Waals surface area contributed by atoms with Crippen molar-refractivity contribution in [3.8, 4) is 0 Å². The van der Waals surface area contributed by atoms with Gasteiger partial charge in [-0.3, -0.25) is 4.79 Å². The highest BCUT2D eigenvalue weighted by molar-refractivity contribution is 5.97. The summed E-state index contributed by atoms with van der Waals surface area (Å²) in [6.07, 6.45) is 0.982. The van der Waals surface area contributed by atoms with E-state index in [1.165, 1.54) is 6.92 Å². The van der Waals surface area contributed by atoms with E-state index in [9.17, 15) is 19.5 Å². The molecule has 3 amide bonds. The van der Waals surface area contributed by atoms with Gasteiger partial charge in [-0.05, 0) is 31.0 Å². The molecule has 0 aliphatic carbocycles. The summed E-state index contributed by atoms with van der Waals surface area (Å²) in [6.45, 7) is 3.61. The summed E-state index contributed by atoms with van der Waals surface area (Å²) in [5.41, 5.74) is 4.82. The second-order valence-electron chi connectivity index (χ2n) is 5.26. The largest absolute Gasteiger partial charge is 0.480 e. The molecule has 0 saturated carbocycles. The van der Waals surface area contributed by atoms with Crippen LogP contribution in [0, 0.1) is 0 Å². The minimum Gasteiger partial charge on any atom is -0.480 e.